The van der Waals surface area contributed by atoms with Crippen molar-refractivity contribution < 1.29 is 13.9 Å². The Bertz CT molecular complexity index is 878. The molecule has 2 aromatic rings. The number of fused-ring (bicyclic) bond motifs is 1. The zero-order valence-electron chi connectivity index (χ0n) is 16.9. The Morgan fingerprint density at radius 3 is 2.69 bits per heavy atom. The number of hydrogen-bond donors (Lipinski definition) is 1. The number of methoxy groups -OCH3 is 1. The van der Waals surface area contributed by atoms with Gasteiger partial charge < -0.3 is 15.4 Å². The average Bonchev–Trinajstić information content (AvgIpc) is 3.17. The number of carbonyl (C=O) groups excluding carboxylic acids is 1. The monoisotopic (exact) mass is 397 g/mol. The van der Waals surface area contributed by atoms with E-state index in [9.17, 15) is 9.18 Å². The second-order valence-corrected chi connectivity index (χ2v) is 8.09. The summed E-state index contributed by atoms with van der Waals surface area (Å²) in [4.78, 5) is 19.6. The Labute approximate surface area is 171 Å². The van der Waals surface area contributed by atoms with Crippen LogP contribution in [0.3, 0.4) is 0 Å². The largest absolute Gasteiger partial charge is 0.481 e. The van der Waals surface area contributed by atoms with Gasteiger partial charge >= 0.3 is 0 Å². The standard InChI is InChI=1S/C23H28FN3O2/c1-29-22-17(13-15-7-9-18(24)10-8-15)14-20-19(26-22)11-12-27(20)23(28)21(25)16-5-3-2-4-6-16/h7-10,14,16,21H,2-6,11-13,25H2,1H3/t21-/m0/s1. The predicted molar refractivity (Wildman–Crippen MR) is 111 cm³/mol. The van der Waals surface area contributed by atoms with Gasteiger partial charge in [0.15, 0.2) is 0 Å². The van der Waals surface area contributed by atoms with Crippen molar-refractivity contribution >= 4 is 11.6 Å². The first-order valence-corrected chi connectivity index (χ1v) is 10.4. The molecule has 0 unspecified atom stereocenters. The summed E-state index contributed by atoms with van der Waals surface area (Å²) < 4.78 is 18.7. The summed E-state index contributed by atoms with van der Waals surface area (Å²) in [5.41, 5.74) is 9.93. The highest BCUT2D eigenvalue weighted by Gasteiger charge is 2.34. The van der Waals surface area contributed by atoms with Gasteiger partial charge in [0.2, 0.25) is 11.8 Å². The van der Waals surface area contributed by atoms with Crippen LogP contribution in [0.5, 0.6) is 5.88 Å². The second-order valence-electron chi connectivity index (χ2n) is 8.09. The van der Waals surface area contributed by atoms with Crippen LogP contribution in [0, 0.1) is 11.7 Å². The van der Waals surface area contributed by atoms with Crippen molar-refractivity contribution in [3.8, 4) is 5.88 Å². The van der Waals surface area contributed by atoms with Crippen LogP contribution in [-0.2, 0) is 17.6 Å². The average molecular weight is 397 g/mol. The minimum Gasteiger partial charge on any atom is -0.481 e. The molecule has 2 N–H and O–H groups in total. The summed E-state index contributed by atoms with van der Waals surface area (Å²) in [5.74, 6) is 0.556. The number of anilines is 1. The summed E-state index contributed by atoms with van der Waals surface area (Å²) in [6.07, 6.45) is 6.87. The number of nitrogens with zero attached hydrogens (tertiary/aromatic N) is 2. The number of nitrogens with two attached hydrogens (primary N) is 1. The van der Waals surface area contributed by atoms with E-state index in [0.717, 1.165) is 48.2 Å². The minimum absolute atomic E-state index is 0.00431. The van der Waals surface area contributed by atoms with Crippen molar-refractivity contribution in [2.75, 3.05) is 18.6 Å². The highest BCUT2D eigenvalue weighted by Crippen LogP contribution is 2.34. The molecule has 0 bridgehead atoms. The third-order valence-corrected chi connectivity index (χ3v) is 6.19. The molecule has 5 nitrogen and oxygen atoms in total. The van der Waals surface area contributed by atoms with E-state index in [0.29, 0.717) is 25.3 Å². The van der Waals surface area contributed by atoms with Gasteiger partial charge in [0.05, 0.1) is 24.5 Å². The lowest BCUT2D eigenvalue weighted by Gasteiger charge is -2.30. The molecule has 2 aliphatic rings. The van der Waals surface area contributed by atoms with Gasteiger partial charge in [-0.2, -0.15) is 0 Å². The first-order chi connectivity index (χ1) is 14.1. The number of aromatic nitrogens is 1. The highest BCUT2D eigenvalue weighted by molar-refractivity contribution is 5.99. The van der Waals surface area contributed by atoms with Gasteiger partial charge in [-0.05, 0) is 42.5 Å². The molecule has 6 heteroatoms. The van der Waals surface area contributed by atoms with Crippen molar-refractivity contribution in [2.45, 2.75) is 51.0 Å². The first-order valence-electron chi connectivity index (χ1n) is 10.4. The third-order valence-electron chi connectivity index (χ3n) is 6.19. The molecule has 4 rings (SSSR count). The number of amides is 1. The summed E-state index contributed by atoms with van der Waals surface area (Å²) in [6.45, 7) is 0.602. The van der Waals surface area contributed by atoms with Crippen LogP contribution in [0.15, 0.2) is 30.3 Å². The number of hydrogen-bond acceptors (Lipinski definition) is 4. The SMILES string of the molecule is COc1nc2c(cc1Cc1ccc(F)cc1)N(C(=O)[C@@H](N)C1CCCCC1)CC2. The minimum atomic E-state index is -0.455. The molecule has 1 saturated carbocycles. The topological polar surface area (TPSA) is 68.5 Å². The van der Waals surface area contributed by atoms with E-state index in [-0.39, 0.29) is 17.6 Å². The Kier molecular flexibility index (Phi) is 5.81. The Balaban J connectivity index is 1.59. The zero-order chi connectivity index (χ0) is 20.4. The van der Waals surface area contributed by atoms with E-state index >= 15 is 0 Å². The molecule has 29 heavy (non-hydrogen) atoms. The van der Waals surface area contributed by atoms with Crippen LogP contribution in [-0.4, -0.2) is 30.6 Å². The van der Waals surface area contributed by atoms with Gasteiger partial charge in [0.1, 0.15) is 5.82 Å². The van der Waals surface area contributed by atoms with E-state index < -0.39 is 6.04 Å². The van der Waals surface area contributed by atoms with Crippen LogP contribution < -0.4 is 15.4 Å². The zero-order valence-corrected chi connectivity index (χ0v) is 16.9. The van der Waals surface area contributed by atoms with Gasteiger partial charge in [-0.3, -0.25) is 4.79 Å². The molecule has 1 aromatic heterocycles. The van der Waals surface area contributed by atoms with Crippen LogP contribution in [0.1, 0.15) is 48.9 Å². The van der Waals surface area contributed by atoms with Crippen LogP contribution in [0.25, 0.3) is 0 Å². The number of benzene rings is 1. The lowest BCUT2D eigenvalue weighted by atomic mass is 9.84. The first kappa shape index (κ1) is 19.8. The molecular weight excluding hydrogens is 369 g/mol. The molecule has 1 aliphatic heterocycles. The highest BCUT2D eigenvalue weighted by atomic mass is 19.1. The number of carbonyl (C=O) groups is 1. The molecule has 1 atom stereocenters. The smallest absolute Gasteiger partial charge is 0.244 e. The van der Waals surface area contributed by atoms with Gasteiger partial charge in [-0.1, -0.05) is 31.4 Å². The number of ether oxygens (including phenoxy) is 1. The molecule has 0 radical (unpaired) electrons. The van der Waals surface area contributed by atoms with Crippen molar-refractivity contribution in [1.82, 2.24) is 4.98 Å². The summed E-state index contributed by atoms with van der Waals surface area (Å²) in [7, 11) is 1.60. The maximum atomic E-state index is 13.2. The van der Waals surface area contributed by atoms with Crippen molar-refractivity contribution in [3.63, 3.8) is 0 Å². The van der Waals surface area contributed by atoms with Gasteiger partial charge in [-0.15, -0.1) is 0 Å². The van der Waals surface area contributed by atoms with Crippen LogP contribution in [0.4, 0.5) is 10.1 Å². The quantitative estimate of drug-likeness (QED) is 0.837. The molecule has 1 aliphatic carbocycles. The van der Waals surface area contributed by atoms with E-state index in [1.54, 1.807) is 24.1 Å². The summed E-state index contributed by atoms with van der Waals surface area (Å²) in [6, 6.07) is 7.93. The molecule has 154 valence electrons. The molecule has 1 aromatic carbocycles. The second kappa shape index (κ2) is 8.49. The van der Waals surface area contributed by atoms with Gasteiger partial charge in [0.25, 0.3) is 0 Å². The fourth-order valence-corrected chi connectivity index (χ4v) is 4.55. The molecule has 2 heterocycles. The van der Waals surface area contributed by atoms with E-state index in [2.05, 4.69) is 4.98 Å². The lowest BCUT2D eigenvalue weighted by Crippen LogP contribution is -2.48. The molecular formula is C23H28FN3O2. The van der Waals surface area contributed by atoms with Crippen LogP contribution in [0.2, 0.25) is 0 Å². The fourth-order valence-electron chi connectivity index (χ4n) is 4.55. The van der Waals surface area contributed by atoms with Gasteiger partial charge in [0, 0.05) is 24.9 Å². The van der Waals surface area contributed by atoms with Crippen molar-refractivity contribution in [2.24, 2.45) is 11.7 Å². The maximum absolute atomic E-state index is 13.2. The van der Waals surface area contributed by atoms with E-state index in [1.165, 1.54) is 18.6 Å². The fraction of sp³-hybridized carbons (Fsp3) is 0.478. The normalized spacial score (nSPS) is 17.8. The lowest BCUT2D eigenvalue weighted by molar-refractivity contribution is -0.121. The van der Waals surface area contributed by atoms with Crippen molar-refractivity contribution in [3.05, 3.63) is 53.0 Å². The van der Waals surface area contributed by atoms with E-state index in [4.69, 9.17) is 10.5 Å². The Morgan fingerprint density at radius 1 is 1.28 bits per heavy atom. The molecule has 0 saturated heterocycles. The van der Waals surface area contributed by atoms with Gasteiger partial charge in [-0.25, -0.2) is 9.37 Å². The number of halogens is 1. The number of rotatable bonds is 5. The third kappa shape index (κ3) is 4.13. The Morgan fingerprint density at radius 2 is 2.00 bits per heavy atom. The summed E-state index contributed by atoms with van der Waals surface area (Å²) in [5, 5.41) is 0. The Hall–Kier alpha value is -2.47. The van der Waals surface area contributed by atoms with Crippen LogP contribution >= 0.6 is 0 Å². The number of pyridine rings is 1. The van der Waals surface area contributed by atoms with Crippen molar-refractivity contribution in [1.29, 1.82) is 0 Å². The summed E-state index contributed by atoms with van der Waals surface area (Å²) >= 11 is 0. The molecule has 1 amide bonds. The van der Waals surface area contributed by atoms with E-state index in [1.807, 2.05) is 6.07 Å². The molecule has 0 spiro atoms. The predicted octanol–water partition coefficient (Wildman–Crippen LogP) is 3.62. The maximum Gasteiger partial charge on any atom is 0.244 e. The molecule has 1 fully saturated rings.